The second-order valence-electron chi connectivity index (χ2n) is 0.524. The van der Waals surface area contributed by atoms with Crippen molar-refractivity contribution in [3.63, 3.8) is 0 Å². The second-order valence-corrected chi connectivity index (χ2v) is 1.87. The van der Waals surface area contributed by atoms with Gasteiger partial charge in [-0.2, -0.15) is 0 Å². The molecule has 0 N–H and O–H groups in total. The van der Waals surface area contributed by atoms with Gasteiger partial charge in [0.15, 0.2) is 0 Å². The maximum atomic E-state index is 3.51. The van der Waals surface area contributed by atoms with E-state index in [1.54, 1.807) is 0 Å². The molecule has 2 radical (unpaired) electrons. The predicted molar refractivity (Wildman–Crippen MR) is 30.7 cm³/mol. The van der Waals surface area contributed by atoms with Gasteiger partial charge in [-0.3, -0.25) is 0 Å². The minimum atomic E-state index is 0. The third-order valence-corrected chi connectivity index (χ3v) is 1.12. The SMILES string of the molecule is C=C[CH2][SnH].[CaH2]. The summed E-state index contributed by atoms with van der Waals surface area (Å²) >= 11 is 1.32. The Kier molecular flexibility index (Phi) is 18.4. The van der Waals surface area contributed by atoms with E-state index in [2.05, 4.69) is 6.58 Å². The Morgan fingerprint density at radius 2 is 2.00 bits per heavy atom. The zero-order chi connectivity index (χ0) is 3.41. The van der Waals surface area contributed by atoms with Gasteiger partial charge in [0.25, 0.3) is 0 Å². The Bertz CT molecular complexity index is 20.9. The molecule has 0 aromatic rings. The quantitative estimate of drug-likeness (QED) is 0.400. The average molecular weight is 203 g/mol. The van der Waals surface area contributed by atoms with E-state index < -0.39 is 0 Å². The molecule has 2 heteroatoms. The van der Waals surface area contributed by atoms with E-state index in [1.165, 1.54) is 27.0 Å². The van der Waals surface area contributed by atoms with E-state index in [1.807, 2.05) is 6.08 Å². The fraction of sp³-hybridized carbons (Fsp3) is 0.333. The molecule has 0 amide bonds. The van der Waals surface area contributed by atoms with Crippen LogP contribution in [0.3, 0.4) is 0 Å². The van der Waals surface area contributed by atoms with Gasteiger partial charge in [-0.15, -0.1) is 0 Å². The summed E-state index contributed by atoms with van der Waals surface area (Å²) in [5.74, 6) is 0. The molecule has 0 aliphatic carbocycles. The van der Waals surface area contributed by atoms with Crippen LogP contribution in [0.4, 0.5) is 0 Å². The molecule has 0 heterocycles. The summed E-state index contributed by atoms with van der Waals surface area (Å²) < 4.78 is 1.21. The molecule has 0 saturated carbocycles. The van der Waals surface area contributed by atoms with Gasteiger partial charge in [0, 0.05) is 0 Å². The van der Waals surface area contributed by atoms with Gasteiger partial charge in [-0.25, -0.2) is 0 Å². The first-order chi connectivity index (χ1) is 1.91. The van der Waals surface area contributed by atoms with Gasteiger partial charge in [0.2, 0.25) is 0 Å². The van der Waals surface area contributed by atoms with E-state index in [0.29, 0.717) is 0 Å². The van der Waals surface area contributed by atoms with Crippen molar-refractivity contribution < 1.29 is 0 Å². The fourth-order valence-corrected chi connectivity index (χ4v) is 0. The first-order valence-corrected chi connectivity index (χ1v) is 3.56. The topological polar surface area (TPSA) is 0 Å². The van der Waals surface area contributed by atoms with Gasteiger partial charge >= 0.3 is 77.4 Å². The molecular weight excluding hydrogens is 195 g/mol. The standard InChI is InChI=1S/C3H5.Ca.Sn.3H/c1-3-2;;;;;/h3H,1-2H2;;;;;. The molecule has 26 valence electrons. The Morgan fingerprint density at radius 1 is 1.80 bits per heavy atom. The summed E-state index contributed by atoms with van der Waals surface area (Å²) in [6, 6.07) is 0. The molecule has 0 rings (SSSR count). The molecule has 5 heavy (non-hydrogen) atoms. The van der Waals surface area contributed by atoms with Crippen LogP contribution in [0.2, 0.25) is 4.44 Å². The Morgan fingerprint density at radius 3 is 2.00 bits per heavy atom. The molecule has 0 aliphatic heterocycles. The van der Waals surface area contributed by atoms with Crippen LogP contribution in [0.1, 0.15) is 0 Å². The van der Waals surface area contributed by atoms with E-state index in [4.69, 9.17) is 0 Å². The molecule has 0 atom stereocenters. The zero-order valence-corrected chi connectivity index (χ0v) is 5.86. The maximum absolute atomic E-state index is 3.51. The molecule has 0 fully saturated rings. The molecule has 0 bridgehead atoms. The number of hydrogen-bond acceptors (Lipinski definition) is 0. The summed E-state index contributed by atoms with van der Waals surface area (Å²) in [5.41, 5.74) is 0. The molecule has 0 aromatic carbocycles. The van der Waals surface area contributed by atoms with Gasteiger partial charge in [-0.1, -0.05) is 0 Å². The van der Waals surface area contributed by atoms with Crippen LogP contribution in [0.15, 0.2) is 12.7 Å². The van der Waals surface area contributed by atoms with Crippen molar-refractivity contribution in [3.05, 3.63) is 12.7 Å². The van der Waals surface area contributed by atoms with Crippen molar-refractivity contribution in [2.24, 2.45) is 0 Å². The van der Waals surface area contributed by atoms with Gasteiger partial charge in [0.1, 0.15) is 0 Å². The van der Waals surface area contributed by atoms with Crippen LogP contribution in [0.5, 0.6) is 0 Å². The van der Waals surface area contributed by atoms with Gasteiger partial charge < -0.3 is 0 Å². The summed E-state index contributed by atoms with van der Waals surface area (Å²) in [6.07, 6.45) is 1.93. The molecule has 0 saturated heterocycles. The average Bonchev–Trinajstić information content (AvgIpc) is 1.37. The van der Waals surface area contributed by atoms with Crippen LogP contribution in [0, 0.1) is 0 Å². The molecule has 0 nitrogen and oxygen atoms in total. The second kappa shape index (κ2) is 9.25. The van der Waals surface area contributed by atoms with Crippen molar-refractivity contribution in [2.75, 3.05) is 0 Å². The van der Waals surface area contributed by atoms with Gasteiger partial charge in [-0.05, 0) is 0 Å². The minimum absolute atomic E-state index is 0. The Hall–Kier alpha value is 1.80. The van der Waals surface area contributed by atoms with Crippen LogP contribution in [-0.4, -0.2) is 60.3 Å². The fourth-order valence-electron chi connectivity index (χ4n) is 0. The third kappa shape index (κ3) is 10.7. The molecule has 0 unspecified atom stereocenters. The van der Waals surface area contributed by atoms with Crippen LogP contribution >= 0.6 is 0 Å². The molecular formula is C3H8CaSn. The van der Waals surface area contributed by atoms with E-state index in [9.17, 15) is 0 Å². The van der Waals surface area contributed by atoms with Gasteiger partial charge in [0.05, 0.1) is 0 Å². The van der Waals surface area contributed by atoms with Crippen molar-refractivity contribution in [2.45, 2.75) is 4.44 Å². The van der Waals surface area contributed by atoms with Crippen LogP contribution in [-0.2, 0) is 0 Å². The van der Waals surface area contributed by atoms with E-state index in [-0.39, 0.29) is 37.7 Å². The summed E-state index contributed by atoms with van der Waals surface area (Å²) in [5, 5.41) is 0. The summed E-state index contributed by atoms with van der Waals surface area (Å²) in [6.45, 7) is 3.51. The summed E-state index contributed by atoms with van der Waals surface area (Å²) in [4.78, 5) is 0. The van der Waals surface area contributed by atoms with E-state index in [0.717, 1.165) is 0 Å². The summed E-state index contributed by atoms with van der Waals surface area (Å²) in [7, 11) is 0. The monoisotopic (exact) mass is 204 g/mol. The number of allylic oxidation sites excluding steroid dienone is 1. The molecule has 0 spiro atoms. The third-order valence-electron chi connectivity index (χ3n) is 0.167. The predicted octanol–water partition coefficient (Wildman–Crippen LogP) is -0.425. The first kappa shape index (κ1) is 9.93. The number of hydrogen-bond donors (Lipinski definition) is 0. The first-order valence-electron chi connectivity index (χ1n) is 1.22. The van der Waals surface area contributed by atoms with Crippen LogP contribution < -0.4 is 0 Å². The molecule has 0 aliphatic rings. The van der Waals surface area contributed by atoms with Crippen molar-refractivity contribution in [1.29, 1.82) is 0 Å². The zero-order valence-electron chi connectivity index (χ0n) is 2.57. The van der Waals surface area contributed by atoms with E-state index >= 15 is 0 Å². The van der Waals surface area contributed by atoms with Crippen molar-refractivity contribution in [1.82, 2.24) is 0 Å². The Balaban J connectivity index is 0. The van der Waals surface area contributed by atoms with Crippen LogP contribution in [0.25, 0.3) is 0 Å². The normalized spacial score (nSPS) is 5.00. The molecule has 0 aromatic heterocycles. The van der Waals surface area contributed by atoms with Crippen molar-refractivity contribution >= 4 is 60.3 Å². The van der Waals surface area contributed by atoms with Crippen molar-refractivity contribution in [3.8, 4) is 0 Å². The Labute approximate surface area is 76.1 Å². The number of rotatable bonds is 1.